The molecular weight excluding hydrogens is 328 g/mol. The molecule has 0 spiro atoms. The molecule has 0 bridgehead atoms. The predicted molar refractivity (Wildman–Crippen MR) is 100 cm³/mol. The predicted octanol–water partition coefficient (Wildman–Crippen LogP) is 2.34. The van der Waals surface area contributed by atoms with E-state index in [4.69, 9.17) is 9.47 Å². The summed E-state index contributed by atoms with van der Waals surface area (Å²) in [6.07, 6.45) is 2.64. The number of carbonyl (C=O) groups is 1. The molecule has 1 aliphatic carbocycles. The molecule has 1 aromatic rings. The van der Waals surface area contributed by atoms with Crippen LogP contribution < -0.4 is 5.32 Å². The van der Waals surface area contributed by atoms with Crippen LogP contribution in [0.4, 0.5) is 0 Å². The fourth-order valence-corrected chi connectivity index (χ4v) is 4.98. The van der Waals surface area contributed by atoms with E-state index in [1.165, 1.54) is 11.1 Å². The standard InChI is InChI=1S/C21H30N2O3/c1-25-11-8-23-13-18-16-4-2-3-5-17(16)21(19(18)14-23)22-20(24)12-15-6-9-26-10-7-15/h2-5,15,18-19,21H,6-14H2,1H3,(H,22,24)/t18-,19-,21+/m0/s1. The van der Waals surface area contributed by atoms with Crippen molar-refractivity contribution in [3.8, 4) is 0 Å². The van der Waals surface area contributed by atoms with E-state index in [1.807, 2.05) is 0 Å². The molecule has 3 atom stereocenters. The van der Waals surface area contributed by atoms with Gasteiger partial charge in [-0.25, -0.2) is 0 Å². The zero-order valence-electron chi connectivity index (χ0n) is 15.7. The second-order valence-corrected chi connectivity index (χ2v) is 7.96. The number of ether oxygens (including phenoxy) is 2. The van der Waals surface area contributed by atoms with Crippen molar-refractivity contribution in [1.29, 1.82) is 0 Å². The van der Waals surface area contributed by atoms with Gasteiger partial charge in [0.1, 0.15) is 0 Å². The monoisotopic (exact) mass is 358 g/mol. The van der Waals surface area contributed by atoms with Gasteiger partial charge in [0, 0.05) is 58.2 Å². The molecule has 142 valence electrons. The molecule has 0 aromatic heterocycles. The molecule has 3 aliphatic rings. The average Bonchev–Trinajstić information content (AvgIpc) is 3.19. The van der Waals surface area contributed by atoms with Crippen LogP contribution in [0.5, 0.6) is 0 Å². The van der Waals surface area contributed by atoms with Gasteiger partial charge in [-0.15, -0.1) is 0 Å². The third kappa shape index (κ3) is 3.66. The molecule has 0 saturated carbocycles. The lowest BCUT2D eigenvalue weighted by Gasteiger charge is -2.25. The van der Waals surface area contributed by atoms with Gasteiger partial charge in [0.25, 0.3) is 0 Å². The molecule has 1 aromatic carbocycles. The van der Waals surface area contributed by atoms with Crippen LogP contribution in [0.25, 0.3) is 0 Å². The summed E-state index contributed by atoms with van der Waals surface area (Å²) in [4.78, 5) is 15.2. The van der Waals surface area contributed by atoms with Crippen LogP contribution in [0.2, 0.25) is 0 Å². The lowest BCUT2D eigenvalue weighted by atomic mass is 9.93. The highest BCUT2D eigenvalue weighted by Gasteiger charge is 2.46. The van der Waals surface area contributed by atoms with Gasteiger partial charge in [-0.3, -0.25) is 4.79 Å². The van der Waals surface area contributed by atoms with Crippen molar-refractivity contribution in [3.63, 3.8) is 0 Å². The average molecular weight is 358 g/mol. The van der Waals surface area contributed by atoms with Crippen LogP contribution in [0, 0.1) is 11.8 Å². The van der Waals surface area contributed by atoms with Gasteiger partial charge in [0.2, 0.25) is 5.91 Å². The first kappa shape index (κ1) is 18.0. The molecule has 5 nitrogen and oxygen atoms in total. The van der Waals surface area contributed by atoms with E-state index >= 15 is 0 Å². The van der Waals surface area contributed by atoms with E-state index in [1.54, 1.807) is 7.11 Å². The molecule has 2 aliphatic heterocycles. The number of hydrogen-bond donors (Lipinski definition) is 1. The Morgan fingerprint density at radius 1 is 1.23 bits per heavy atom. The summed E-state index contributed by atoms with van der Waals surface area (Å²) < 4.78 is 10.7. The molecule has 4 rings (SSSR count). The number of methoxy groups -OCH3 is 1. The third-order valence-electron chi connectivity index (χ3n) is 6.34. The molecule has 2 fully saturated rings. The van der Waals surface area contributed by atoms with Crippen LogP contribution in [0.1, 0.15) is 42.3 Å². The van der Waals surface area contributed by atoms with Gasteiger partial charge >= 0.3 is 0 Å². The fraction of sp³-hybridized carbons (Fsp3) is 0.667. The SMILES string of the molecule is COCCN1C[C@@H]2[C@H](NC(=O)CC3CCOCC3)c3ccccc3[C@@H]2C1. The summed E-state index contributed by atoms with van der Waals surface area (Å²) in [5.74, 6) is 1.67. The number of nitrogens with zero attached hydrogens (tertiary/aromatic N) is 1. The fourth-order valence-electron chi connectivity index (χ4n) is 4.98. The third-order valence-corrected chi connectivity index (χ3v) is 6.34. The molecule has 0 radical (unpaired) electrons. The van der Waals surface area contributed by atoms with Crippen molar-refractivity contribution >= 4 is 5.91 Å². The zero-order valence-corrected chi connectivity index (χ0v) is 15.7. The normalized spacial score (nSPS) is 28.7. The second-order valence-electron chi connectivity index (χ2n) is 7.96. The summed E-state index contributed by atoms with van der Waals surface area (Å²) >= 11 is 0. The highest BCUT2D eigenvalue weighted by Crippen LogP contribution is 2.49. The number of fused-ring (bicyclic) bond motifs is 3. The van der Waals surface area contributed by atoms with Gasteiger partial charge in [-0.1, -0.05) is 24.3 Å². The van der Waals surface area contributed by atoms with Crippen molar-refractivity contribution in [2.45, 2.75) is 31.2 Å². The minimum atomic E-state index is 0.149. The maximum absolute atomic E-state index is 12.7. The molecule has 2 heterocycles. The van der Waals surface area contributed by atoms with Gasteiger partial charge in [0.15, 0.2) is 0 Å². The van der Waals surface area contributed by atoms with Crippen molar-refractivity contribution < 1.29 is 14.3 Å². The number of benzene rings is 1. The Labute approximate surface area is 156 Å². The van der Waals surface area contributed by atoms with Crippen LogP contribution >= 0.6 is 0 Å². The van der Waals surface area contributed by atoms with Crippen LogP contribution in [-0.4, -0.2) is 57.4 Å². The van der Waals surface area contributed by atoms with Crippen molar-refractivity contribution in [2.24, 2.45) is 11.8 Å². The van der Waals surface area contributed by atoms with E-state index < -0.39 is 0 Å². The summed E-state index contributed by atoms with van der Waals surface area (Å²) in [6.45, 7) is 5.42. The number of carbonyl (C=O) groups excluding carboxylic acids is 1. The van der Waals surface area contributed by atoms with Gasteiger partial charge in [-0.05, 0) is 29.9 Å². The van der Waals surface area contributed by atoms with E-state index in [0.29, 0.717) is 24.2 Å². The molecular formula is C21H30N2O3. The largest absolute Gasteiger partial charge is 0.383 e. The first-order valence-electron chi connectivity index (χ1n) is 9.93. The Balaban J connectivity index is 1.44. The number of amides is 1. The minimum Gasteiger partial charge on any atom is -0.383 e. The first-order chi connectivity index (χ1) is 12.8. The minimum absolute atomic E-state index is 0.149. The van der Waals surface area contributed by atoms with E-state index in [2.05, 4.69) is 34.5 Å². The highest BCUT2D eigenvalue weighted by molar-refractivity contribution is 5.77. The quantitative estimate of drug-likeness (QED) is 0.848. The van der Waals surface area contributed by atoms with Gasteiger partial charge in [-0.2, -0.15) is 0 Å². The van der Waals surface area contributed by atoms with Crippen LogP contribution in [0.3, 0.4) is 0 Å². The zero-order chi connectivity index (χ0) is 17.9. The lowest BCUT2D eigenvalue weighted by Crippen LogP contribution is -2.35. The van der Waals surface area contributed by atoms with Crippen molar-refractivity contribution in [2.75, 3.05) is 46.6 Å². The van der Waals surface area contributed by atoms with Crippen LogP contribution in [0.15, 0.2) is 24.3 Å². The van der Waals surface area contributed by atoms with Crippen molar-refractivity contribution in [1.82, 2.24) is 10.2 Å². The van der Waals surface area contributed by atoms with E-state index in [-0.39, 0.29) is 11.9 Å². The molecule has 0 unspecified atom stereocenters. The highest BCUT2D eigenvalue weighted by atomic mass is 16.5. The molecule has 26 heavy (non-hydrogen) atoms. The lowest BCUT2D eigenvalue weighted by molar-refractivity contribution is -0.123. The Hall–Kier alpha value is -1.43. The molecule has 2 saturated heterocycles. The topological polar surface area (TPSA) is 50.8 Å². The summed E-state index contributed by atoms with van der Waals surface area (Å²) in [7, 11) is 1.76. The van der Waals surface area contributed by atoms with Crippen LogP contribution in [-0.2, 0) is 14.3 Å². The maximum atomic E-state index is 12.7. The van der Waals surface area contributed by atoms with Crippen molar-refractivity contribution in [3.05, 3.63) is 35.4 Å². The molecule has 1 N–H and O–H groups in total. The molecule has 5 heteroatoms. The summed E-state index contributed by atoms with van der Waals surface area (Å²) in [6, 6.07) is 8.82. The van der Waals surface area contributed by atoms with E-state index in [0.717, 1.165) is 52.3 Å². The van der Waals surface area contributed by atoms with E-state index in [9.17, 15) is 4.79 Å². The Kier molecular flexibility index (Phi) is 5.57. The summed E-state index contributed by atoms with van der Waals surface area (Å²) in [5, 5.41) is 3.39. The number of hydrogen-bond acceptors (Lipinski definition) is 4. The Morgan fingerprint density at radius 3 is 2.77 bits per heavy atom. The number of nitrogens with one attached hydrogen (secondary N) is 1. The van der Waals surface area contributed by atoms with Gasteiger partial charge in [0.05, 0.1) is 12.6 Å². The number of likely N-dealkylation sites (tertiary alicyclic amines) is 1. The summed E-state index contributed by atoms with van der Waals surface area (Å²) in [5.41, 5.74) is 2.75. The second kappa shape index (κ2) is 8.07. The first-order valence-corrected chi connectivity index (χ1v) is 9.93. The Bertz CT molecular complexity index is 629. The number of rotatable bonds is 6. The van der Waals surface area contributed by atoms with Gasteiger partial charge < -0.3 is 19.7 Å². The smallest absolute Gasteiger partial charge is 0.220 e. The Morgan fingerprint density at radius 2 is 2.00 bits per heavy atom. The molecule has 1 amide bonds. The maximum Gasteiger partial charge on any atom is 0.220 e.